The van der Waals surface area contributed by atoms with Crippen molar-refractivity contribution in [3.63, 3.8) is 0 Å². The lowest BCUT2D eigenvalue weighted by Crippen LogP contribution is -2.28. The molecule has 2 aliphatic rings. The van der Waals surface area contributed by atoms with Gasteiger partial charge in [-0.2, -0.15) is 0 Å². The number of Topliss-reactive ketones (excluding diaryl/α,β-unsaturated/α-hetero) is 1. The van der Waals surface area contributed by atoms with Gasteiger partial charge in [-0.1, -0.05) is 35.9 Å². The Morgan fingerprint density at radius 2 is 1.90 bits per heavy atom. The standard InChI is InChI=1S/C18H20O3/c1-2-21-18(20)16-15(12-8-4-3-5-9-12)13-10-6-7-11-14(13)17(16)19/h3-5,8-9,15-16H,2,6-7,10-11H2,1H3. The van der Waals surface area contributed by atoms with Crippen LogP contribution in [0.25, 0.3) is 0 Å². The molecule has 3 rings (SSSR count). The average Bonchev–Trinajstić information content (AvgIpc) is 2.82. The van der Waals surface area contributed by atoms with E-state index in [-0.39, 0.29) is 17.7 Å². The topological polar surface area (TPSA) is 43.4 Å². The van der Waals surface area contributed by atoms with Crippen molar-refractivity contribution < 1.29 is 14.3 Å². The molecule has 0 N–H and O–H groups in total. The van der Waals surface area contributed by atoms with E-state index < -0.39 is 5.92 Å². The van der Waals surface area contributed by atoms with Gasteiger partial charge in [-0.3, -0.25) is 9.59 Å². The largest absolute Gasteiger partial charge is 0.465 e. The fourth-order valence-electron chi connectivity index (χ4n) is 3.62. The molecular formula is C18H20O3. The predicted molar refractivity (Wildman–Crippen MR) is 79.8 cm³/mol. The van der Waals surface area contributed by atoms with Crippen molar-refractivity contribution in [1.82, 2.24) is 0 Å². The molecule has 0 aliphatic heterocycles. The van der Waals surface area contributed by atoms with Crippen LogP contribution < -0.4 is 0 Å². The summed E-state index contributed by atoms with van der Waals surface area (Å²) < 4.78 is 5.17. The first kappa shape index (κ1) is 14.1. The van der Waals surface area contributed by atoms with Gasteiger partial charge in [-0.05, 0) is 43.7 Å². The number of carbonyl (C=O) groups is 2. The van der Waals surface area contributed by atoms with E-state index >= 15 is 0 Å². The summed E-state index contributed by atoms with van der Waals surface area (Å²) in [6, 6.07) is 9.89. The molecule has 21 heavy (non-hydrogen) atoms. The van der Waals surface area contributed by atoms with Crippen molar-refractivity contribution in [2.24, 2.45) is 5.92 Å². The Balaban J connectivity index is 2.03. The van der Waals surface area contributed by atoms with Crippen LogP contribution in [-0.2, 0) is 14.3 Å². The van der Waals surface area contributed by atoms with Crippen LogP contribution in [0, 0.1) is 5.92 Å². The first-order valence-corrected chi connectivity index (χ1v) is 7.71. The number of esters is 1. The SMILES string of the molecule is CCOC(=O)C1C(=O)C2=C(CCCC2)C1c1ccccc1. The Labute approximate surface area is 125 Å². The molecule has 1 aromatic carbocycles. The number of hydrogen-bond acceptors (Lipinski definition) is 3. The molecule has 0 aromatic heterocycles. The first-order chi connectivity index (χ1) is 10.2. The maximum Gasteiger partial charge on any atom is 0.317 e. The van der Waals surface area contributed by atoms with Crippen molar-refractivity contribution in [1.29, 1.82) is 0 Å². The van der Waals surface area contributed by atoms with Crippen LogP contribution >= 0.6 is 0 Å². The number of benzene rings is 1. The lowest BCUT2D eigenvalue weighted by atomic mass is 9.82. The quantitative estimate of drug-likeness (QED) is 0.631. The fraction of sp³-hybridized carbons (Fsp3) is 0.444. The molecule has 0 radical (unpaired) electrons. The number of allylic oxidation sites excluding steroid dienone is 2. The molecule has 0 saturated carbocycles. The van der Waals surface area contributed by atoms with Gasteiger partial charge in [-0.15, -0.1) is 0 Å². The van der Waals surface area contributed by atoms with Gasteiger partial charge in [0.25, 0.3) is 0 Å². The molecule has 2 unspecified atom stereocenters. The van der Waals surface area contributed by atoms with Crippen LogP contribution in [0.3, 0.4) is 0 Å². The molecule has 0 fully saturated rings. The predicted octanol–water partition coefficient (Wildman–Crippen LogP) is 3.40. The van der Waals surface area contributed by atoms with Crippen molar-refractivity contribution in [2.75, 3.05) is 6.61 Å². The lowest BCUT2D eigenvalue weighted by Gasteiger charge is -2.22. The average molecular weight is 284 g/mol. The zero-order valence-electron chi connectivity index (χ0n) is 12.3. The second-order valence-corrected chi connectivity index (χ2v) is 5.69. The third-order valence-corrected chi connectivity index (χ3v) is 4.50. The lowest BCUT2D eigenvalue weighted by molar-refractivity contribution is -0.150. The highest BCUT2D eigenvalue weighted by Crippen LogP contribution is 2.48. The summed E-state index contributed by atoms with van der Waals surface area (Å²) in [5.74, 6) is -1.16. The minimum absolute atomic E-state index is 0.00277. The van der Waals surface area contributed by atoms with E-state index in [2.05, 4.69) is 0 Å². The highest BCUT2D eigenvalue weighted by molar-refractivity contribution is 6.12. The molecule has 0 heterocycles. The zero-order valence-corrected chi connectivity index (χ0v) is 12.3. The maximum absolute atomic E-state index is 12.7. The molecular weight excluding hydrogens is 264 g/mol. The van der Waals surface area contributed by atoms with E-state index in [1.165, 1.54) is 5.57 Å². The molecule has 110 valence electrons. The molecule has 0 bridgehead atoms. The Bertz CT molecular complexity index is 586. The van der Waals surface area contributed by atoms with E-state index in [0.29, 0.717) is 6.61 Å². The molecule has 1 aromatic rings. The molecule has 0 spiro atoms. The van der Waals surface area contributed by atoms with E-state index in [0.717, 1.165) is 36.8 Å². The summed E-state index contributed by atoms with van der Waals surface area (Å²) in [7, 11) is 0. The summed E-state index contributed by atoms with van der Waals surface area (Å²) >= 11 is 0. The highest BCUT2D eigenvalue weighted by atomic mass is 16.5. The Kier molecular flexibility index (Phi) is 3.91. The summed E-state index contributed by atoms with van der Waals surface area (Å²) in [6.45, 7) is 2.09. The minimum Gasteiger partial charge on any atom is -0.465 e. The Hall–Kier alpha value is -1.90. The van der Waals surface area contributed by atoms with E-state index in [4.69, 9.17) is 4.74 Å². The Morgan fingerprint density at radius 3 is 2.62 bits per heavy atom. The highest BCUT2D eigenvalue weighted by Gasteiger charge is 2.47. The van der Waals surface area contributed by atoms with Crippen molar-refractivity contribution >= 4 is 11.8 Å². The number of ether oxygens (including phenoxy) is 1. The third kappa shape index (κ3) is 2.41. The maximum atomic E-state index is 12.7. The molecule has 0 amide bonds. The number of carbonyl (C=O) groups excluding carboxylic acids is 2. The minimum atomic E-state index is -0.671. The number of ketones is 1. The molecule has 3 heteroatoms. The summed E-state index contributed by atoms with van der Waals surface area (Å²) in [5.41, 5.74) is 3.12. The molecule has 2 aliphatic carbocycles. The van der Waals surface area contributed by atoms with Crippen molar-refractivity contribution in [3.8, 4) is 0 Å². The number of rotatable bonds is 3. The van der Waals surface area contributed by atoms with Gasteiger partial charge < -0.3 is 4.74 Å². The van der Waals surface area contributed by atoms with Crippen LogP contribution in [0.15, 0.2) is 41.5 Å². The van der Waals surface area contributed by atoms with Crippen LogP contribution in [0.5, 0.6) is 0 Å². The molecule has 3 nitrogen and oxygen atoms in total. The van der Waals surface area contributed by atoms with E-state index in [9.17, 15) is 9.59 Å². The first-order valence-electron chi connectivity index (χ1n) is 7.71. The van der Waals surface area contributed by atoms with Gasteiger partial charge in [0, 0.05) is 5.92 Å². The van der Waals surface area contributed by atoms with Crippen molar-refractivity contribution in [3.05, 3.63) is 47.0 Å². The third-order valence-electron chi connectivity index (χ3n) is 4.50. The van der Waals surface area contributed by atoms with Gasteiger partial charge in [0.15, 0.2) is 5.78 Å². The van der Waals surface area contributed by atoms with Gasteiger partial charge >= 0.3 is 5.97 Å². The molecule has 2 atom stereocenters. The van der Waals surface area contributed by atoms with Gasteiger partial charge in [0.1, 0.15) is 5.92 Å². The summed E-state index contributed by atoms with van der Waals surface area (Å²) in [5, 5.41) is 0. The van der Waals surface area contributed by atoms with E-state index in [1.807, 2.05) is 30.3 Å². The van der Waals surface area contributed by atoms with Crippen LogP contribution in [0.2, 0.25) is 0 Å². The van der Waals surface area contributed by atoms with Crippen LogP contribution in [0.1, 0.15) is 44.1 Å². The van der Waals surface area contributed by atoms with Crippen LogP contribution in [-0.4, -0.2) is 18.4 Å². The normalized spacial score (nSPS) is 24.9. The van der Waals surface area contributed by atoms with Gasteiger partial charge in [0.05, 0.1) is 6.61 Å². The van der Waals surface area contributed by atoms with Gasteiger partial charge in [0.2, 0.25) is 0 Å². The summed E-state index contributed by atoms with van der Waals surface area (Å²) in [6.07, 6.45) is 3.89. The van der Waals surface area contributed by atoms with Crippen LogP contribution in [0.4, 0.5) is 0 Å². The van der Waals surface area contributed by atoms with E-state index in [1.54, 1.807) is 6.92 Å². The second-order valence-electron chi connectivity index (χ2n) is 5.69. The fourth-order valence-corrected chi connectivity index (χ4v) is 3.62. The number of hydrogen-bond donors (Lipinski definition) is 0. The molecule has 0 saturated heterocycles. The Morgan fingerprint density at radius 1 is 1.19 bits per heavy atom. The monoisotopic (exact) mass is 284 g/mol. The zero-order chi connectivity index (χ0) is 14.8. The smallest absolute Gasteiger partial charge is 0.317 e. The van der Waals surface area contributed by atoms with Crippen molar-refractivity contribution in [2.45, 2.75) is 38.5 Å². The second kappa shape index (κ2) is 5.84. The summed E-state index contributed by atoms with van der Waals surface area (Å²) in [4.78, 5) is 25.0. The van der Waals surface area contributed by atoms with Gasteiger partial charge in [-0.25, -0.2) is 0 Å².